The largest absolute Gasteiger partial charge is 0.492 e. The Hall–Kier alpha value is -4.04. The van der Waals surface area contributed by atoms with Crippen LogP contribution in [0.15, 0.2) is 91.0 Å². The summed E-state index contributed by atoms with van der Waals surface area (Å²) in [6.45, 7) is 0.569. The predicted molar refractivity (Wildman–Crippen MR) is 174 cm³/mol. The summed E-state index contributed by atoms with van der Waals surface area (Å²) < 4.78 is 6.12. The molecule has 7 rings (SSSR count). The summed E-state index contributed by atoms with van der Waals surface area (Å²) in [7, 11) is 31.7. The fraction of sp³-hybridized carbons (Fsp3) is 0.0588. The third kappa shape index (κ3) is 3.69. The Morgan fingerprint density at radius 3 is 1.50 bits per heavy atom. The summed E-state index contributed by atoms with van der Waals surface area (Å²) in [5, 5.41) is 4.67. The fourth-order valence-electron chi connectivity index (χ4n) is 6.13. The minimum Gasteiger partial charge on any atom is -0.492 e. The van der Waals surface area contributed by atoms with Gasteiger partial charge in [-0.25, -0.2) is 0 Å². The van der Waals surface area contributed by atoms with Crippen LogP contribution in [0.25, 0.3) is 54.9 Å². The average Bonchev–Trinajstić information content (AvgIpc) is 3.47. The molecular weight excluding hydrogens is 478 g/mol. The summed E-state index contributed by atoms with van der Waals surface area (Å²) in [6.07, 6.45) is 0.772. The molecular formula is C34H19B5O. The van der Waals surface area contributed by atoms with E-state index in [0.717, 1.165) is 45.2 Å². The first-order valence-corrected chi connectivity index (χ1v) is 13.3. The lowest BCUT2D eigenvalue weighted by molar-refractivity contribution is 0.358. The Bertz CT molecular complexity index is 1900. The van der Waals surface area contributed by atoms with E-state index in [9.17, 15) is 0 Å². The standard InChI is InChI=1S/C34H19B5O/c35-29-28(30(36)32(38)33(39)31(29)37)25-17-20(16-19-14-15-40-34(19)25)27-23-12-6-4-10-21(23)26(18-8-2-1-3-9-18)22-11-5-7-13-24(22)27/h1-13,16-17H,14-15H2. The van der Waals surface area contributed by atoms with Crippen molar-refractivity contribution in [2.75, 3.05) is 6.61 Å². The van der Waals surface area contributed by atoms with Crippen LogP contribution >= 0.6 is 0 Å². The molecule has 176 valence electrons. The summed E-state index contributed by atoms with van der Waals surface area (Å²) in [5.41, 5.74) is 8.21. The van der Waals surface area contributed by atoms with Crippen molar-refractivity contribution < 1.29 is 4.74 Å². The molecule has 0 saturated heterocycles. The van der Waals surface area contributed by atoms with Crippen molar-refractivity contribution in [3.63, 3.8) is 0 Å². The van der Waals surface area contributed by atoms with Gasteiger partial charge in [0.05, 0.1) is 6.61 Å². The van der Waals surface area contributed by atoms with Gasteiger partial charge in [-0.05, 0) is 67.1 Å². The highest BCUT2D eigenvalue weighted by atomic mass is 16.5. The van der Waals surface area contributed by atoms with Crippen molar-refractivity contribution in [2.24, 2.45) is 0 Å². The van der Waals surface area contributed by atoms with Crippen molar-refractivity contribution in [1.29, 1.82) is 0 Å². The number of hydrogen-bond acceptors (Lipinski definition) is 1. The maximum absolute atomic E-state index is 6.54. The molecule has 0 aromatic heterocycles. The molecule has 0 unspecified atom stereocenters. The molecule has 1 heterocycles. The van der Waals surface area contributed by atoms with Gasteiger partial charge in [0.15, 0.2) is 0 Å². The van der Waals surface area contributed by atoms with Crippen molar-refractivity contribution in [3.8, 4) is 39.1 Å². The van der Waals surface area contributed by atoms with Gasteiger partial charge in [-0.2, -0.15) is 0 Å². The van der Waals surface area contributed by atoms with Crippen LogP contribution in [-0.4, -0.2) is 45.8 Å². The van der Waals surface area contributed by atoms with Crippen molar-refractivity contribution in [1.82, 2.24) is 0 Å². The molecule has 6 heteroatoms. The lowest BCUT2D eigenvalue weighted by Crippen LogP contribution is -2.55. The number of hydrogen-bond donors (Lipinski definition) is 0. The molecule has 1 aliphatic rings. The van der Waals surface area contributed by atoms with Crippen LogP contribution in [-0.2, 0) is 6.42 Å². The molecule has 0 aliphatic carbocycles. The molecule has 0 amide bonds. The molecule has 1 aliphatic heterocycles. The van der Waals surface area contributed by atoms with E-state index < -0.39 is 0 Å². The lowest BCUT2D eigenvalue weighted by atomic mass is 9.59. The predicted octanol–water partition coefficient (Wildman–Crippen LogP) is 2.90. The van der Waals surface area contributed by atoms with E-state index in [1.54, 1.807) is 0 Å². The van der Waals surface area contributed by atoms with E-state index in [0.29, 0.717) is 23.1 Å². The summed E-state index contributed by atoms with van der Waals surface area (Å²) in [4.78, 5) is 0. The summed E-state index contributed by atoms with van der Waals surface area (Å²) in [5.74, 6) is 0.750. The first-order valence-electron chi connectivity index (χ1n) is 13.3. The van der Waals surface area contributed by atoms with Gasteiger partial charge in [0.25, 0.3) is 0 Å². The molecule has 10 radical (unpaired) electrons. The second-order valence-electron chi connectivity index (χ2n) is 10.3. The Morgan fingerprint density at radius 2 is 0.950 bits per heavy atom. The van der Waals surface area contributed by atoms with Gasteiger partial charge >= 0.3 is 0 Å². The van der Waals surface area contributed by atoms with Crippen molar-refractivity contribution in [3.05, 3.63) is 96.6 Å². The zero-order valence-electron chi connectivity index (χ0n) is 21.9. The van der Waals surface area contributed by atoms with E-state index in [4.69, 9.17) is 44.0 Å². The first kappa shape index (κ1) is 25.0. The Balaban J connectivity index is 1.61. The second kappa shape index (κ2) is 9.56. The van der Waals surface area contributed by atoms with Gasteiger partial charge in [-0.15, -0.1) is 16.4 Å². The van der Waals surface area contributed by atoms with Crippen LogP contribution in [0.3, 0.4) is 0 Å². The van der Waals surface area contributed by atoms with Crippen molar-refractivity contribution >= 4 is 88.1 Å². The van der Waals surface area contributed by atoms with Gasteiger partial charge in [0.2, 0.25) is 0 Å². The molecule has 40 heavy (non-hydrogen) atoms. The highest BCUT2D eigenvalue weighted by Crippen LogP contribution is 2.46. The first-order chi connectivity index (χ1) is 19.5. The smallest absolute Gasteiger partial charge is 0.130 e. The SMILES string of the molecule is [B]c1c([B])c([B])c(-c2cc(-c3c4ccccc4c(-c4ccccc4)c4ccccc34)cc3c2OCC3)c([B])c1[B]. The topological polar surface area (TPSA) is 9.23 Å². The summed E-state index contributed by atoms with van der Waals surface area (Å²) >= 11 is 0. The van der Waals surface area contributed by atoms with Gasteiger partial charge < -0.3 is 4.74 Å². The van der Waals surface area contributed by atoms with Gasteiger partial charge in [0, 0.05) is 12.0 Å². The Labute approximate surface area is 241 Å². The van der Waals surface area contributed by atoms with Crippen LogP contribution in [0.2, 0.25) is 0 Å². The van der Waals surface area contributed by atoms with Gasteiger partial charge in [-0.1, -0.05) is 89.8 Å². The molecule has 0 atom stereocenters. The molecule has 0 N–H and O–H groups in total. The second-order valence-corrected chi connectivity index (χ2v) is 10.3. The number of fused-ring (bicyclic) bond motifs is 3. The third-order valence-corrected chi connectivity index (χ3v) is 8.03. The fourth-order valence-corrected chi connectivity index (χ4v) is 6.13. The van der Waals surface area contributed by atoms with E-state index >= 15 is 0 Å². The monoisotopic (exact) mass is 498 g/mol. The van der Waals surface area contributed by atoms with E-state index in [2.05, 4.69) is 84.9 Å². The van der Waals surface area contributed by atoms with Gasteiger partial charge in [-0.3, -0.25) is 0 Å². The molecule has 1 nitrogen and oxygen atoms in total. The van der Waals surface area contributed by atoms with Crippen LogP contribution < -0.4 is 32.1 Å². The average molecular weight is 498 g/mol. The normalized spacial score (nSPS) is 12.5. The quantitative estimate of drug-likeness (QED) is 0.270. The van der Waals surface area contributed by atoms with Crippen LogP contribution in [0.1, 0.15) is 5.56 Å². The van der Waals surface area contributed by atoms with Crippen LogP contribution in [0.4, 0.5) is 0 Å². The Kier molecular flexibility index (Phi) is 5.97. The molecule has 6 aromatic rings. The van der Waals surface area contributed by atoms with Crippen molar-refractivity contribution in [2.45, 2.75) is 6.42 Å². The third-order valence-electron chi connectivity index (χ3n) is 8.03. The molecule has 6 aromatic carbocycles. The number of rotatable bonds is 3. The molecule has 0 spiro atoms. The Morgan fingerprint density at radius 1 is 0.475 bits per heavy atom. The van der Waals surface area contributed by atoms with Crippen LogP contribution in [0, 0.1) is 0 Å². The minimum absolute atomic E-state index is 0.195. The van der Waals surface area contributed by atoms with Gasteiger partial charge in [0.1, 0.15) is 45.0 Å². The molecule has 0 bridgehead atoms. The number of ether oxygens (including phenoxy) is 1. The maximum Gasteiger partial charge on any atom is 0.130 e. The zero-order chi connectivity index (χ0) is 27.5. The maximum atomic E-state index is 6.54. The van der Waals surface area contributed by atoms with Crippen LogP contribution in [0.5, 0.6) is 5.75 Å². The minimum atomic E-state index is 0.195. The summed E-state index contributed by atoms with van der Waals surface area (Å²) in [6, 6.07) is 32.0. The highest BCUT2D eigenvalue weighted by molar-refractivity contribution is 6.68. The highest BCUT2D eigenvalue weighted by Gasteiger charge is 2.24. The van der Waals surface area contributed by atoms with E-state index in [1.807, 2.05) is 6.07 Å². The molecule has 0 fully saturated rings. The molecule has 0 saturated carbocycles. The lowest BCUT2D eigenvalue weighted by Gasteiger charge is -2.24. The van der Waals surface area contributed by atoms with E-state index in [-0.39, 0.29) is 16.4 Å². The van der Waals surface area contributed by atoms with E-state index in [1.165, 1.54) is 21.9 Å². The zero-order valence-corrected chi connectivity index (χ0v) is 21.9. The number of benzene rings is 6.